The molecule has 1 unspecified atom stereocenters. The fourth-order valence-corrected chi connectivity index (χ4v) is 4.48. The van der Waals surface area contributed by atoms with Crippen LogP contribution in [0.25, 0.3) is 6.08 Å². The predicted molar refractivity (Wildman–Crippen MR) is 110 cm³/mol. The van der Waals surface area contributed by atoms with Crippen molar-refractivity contribution >= 4 is 40.8 Å². The number of hydrogen-bond acceptors (Lipinski definition) is 5. The largest absolute Gasteiger partial charge is 0.481 e. The molecular weight excluding hydrogens is 382 g/mol. The molecular formula is C20H25NO4S2. The molecule has 2 N–H and O–H groups in total. The monoisotopic (exact) mass is 407 g/mol. The van der Waals surface area contributed by atoms with Gasteiger partial charge in [0, 0.05) is 24.9 Å². The van der Waals surface area contributed by atoms with Gasteiger partial charge in [0.2, 0.25) is 0 Å². The van der Waals surface area contributed by atoms with Gasteiger partial charge in [-0.05, 0) is 58.0 Å². The summed E-state index contributed by atoms with van der Waals surface area (Å²) in [6, 6.07) is 0. The fraction of sp³-hybridized carbons (Fsp3) is 0.400. The molecule has 2 aromatic heterocycles. The van der Waals surface area contributed by atoms with E-state index >= 15 is 0 Å². The van der Waals surface area contributed by atoms with Gasteiger partial charge in [0.25, 0.3) is 0 Å². The average Bonchev–Trinajstić information content (AvgIpc) is 3.25. The van der Waals surface area contributed by atoms with Crippen molar-refractivity contribution < 1.29 is 19.4 Å². The van der Waals surface area contributed by atoms with Crippen LogP contribution >= 0.6 is 22.7 Å². The van der Waals surface area contributed by atoms with Gasteiger partial charge < -0.3 is 15.2 Å². The SMILES string of the molecule is C=Cc1cscc1CC(OC(=O)NCCCCCC(=O)O)c1cscc1C. The number of unbranched alkanes of at least 4 members (excludes halogenated alkanes) is 2. The second-order valence-corrected chi connectivity index (χ2v) is 7.78. The molecule has 0 aliphatic rings. The van der Waals surface area contributed by atoms with Crippen LogP contribution in [0.2, 0.25) is 0 Å². The van der Waals surface area contributed by atoms with Gasteiger partial charge in [0.15, 0.2) is 0 Å². The lowest BCUT2D eigenvalue weighted by Crippen LogP contribution is -2.27. The van der Waals surface area contributed by atoms with E-state index in [0.29, 0.717) is 19.4 Å². The number of carbonyl (C=O) groups excluding carboxylic acids is 1. The summed E-state index contributed by atoms with van der Waals surface area (Å²) in [5, 5.41) is 19.6. The average molecular weight is 408 g/mol. The third-order valence-electron chi connectivity index (χ3n) is 4.23. The minimum Gasteiger partial charge on any atom is -0.481 e. The minimum atomic E-state index is -0.788. The van der Waals surface area contributed by atoms with Gasteiger partial charge in [0.1, 0.15) is 6.10 Å². The first-order valence-corrected chi connectivity index (χ1v) is 10.8. The van der Waals surface area contributed by atoms with E-state index in [1.54, 1.807) is 22.7 Å². The Hall–Kier alpha value is -2.12. The van der Waals surface area contributed by atoms with Crippen molar-refractivity contribution in [2.45, 2.75) is 45.1 Å². The number of hydrogen-bond donors (Lipinski definition) is 2. The molecule has 146 valence electrons. The maximum atomic E-state index is 12.2. The molecule has 2 heterocycles. The van der Waals surface area contributed by atoms with Gasteiger partial charge in [-0.25, -0.2) is 4.79 Å². The van der Waals surface area contributed by atoms with Crippen LogP contribution in [0.3, 0.4) is 0 Å². The summed E-state index contributed by atoms with van der Waals surface area (Å²) < 4.78 is 5.73. The lowest BCUT2D eigenvalue weighted by atomic mass is 10.0. The Bertz CT molecular complexity index is 766. The summed E-state index contributed by atoms with van der Waals surface area (Å²) in [5.41, 5.74) is 4.33. The second-order valence-electron chi connectivity index (χ2n) is 6.30. The molecule has 7 heteroatoms. The van der Waals surface area contributed by atoms with Crippen LogP contribution in [0.1, 0.15) is 54.0 Å². The third-order valence-corrected chi connectivity index (χ3v) is 5.92. The molecule has 5 nitrogen and oxygen atoms in total. The molecule has 0 aliphatic carbocycles. The van der Waals surface area contributed by atoms with Crippen LogP contribution in [0, 0.1) is 6.92 Å². The van der Waals surface area contributed by atoms with E-state index in [2.05, 4.69) is 17.3 Å². The standard InChI is InChI=1S/C20H25NO4S2/c1-3-15-11-27-12-16(15)9-18(17-13-26-10-14(17)2)25-20(24)21-8-6-4-5-7-19(22)23/h3,10-13,18H,1,4-9H2,2H3,(H,21,24)(H,22,23). The van der Waals surface area contributed by atoms with Crippen molar-refractivity contribution in [3.63, 3.8) is 0 Å². The first-order chi connectivity index (χ1) is 13.0. The first kappa shape index (κ1) is 21.2. The highest BCUT2D eigenvalue weighted by molar-refractivity contribution is 7.08. The quantitative estimate of drug-likeness (QED) is 0.488. The van der Waals surface area contributed by atoms with Crippen LogP contribution in [0.4, 0.5) is 4.79 Å². The predicted octanol–water partition coefficient (Wildman–Crippen LogP) is 5.42. The van der Waals surface area contributed by atoms with Crippen LogP contribution in [-0.4, -0.2) is 23.7 Å². The fourth-order valence-electron chi connectivity index (χ4n) is 2.73. The molecule has 1 amide bonds. The summed E-state index contributed by atoms with van der Waals surface area (Å²) >= 11 is 3.21. The summed E-state index contributed by atoms with van der Waals surface area (Å²) in [5.74, 6) is -0.788. The van der Waals surface area contributed by atoms with Crippen molar-refractivity contribution in [3.8, 4) is 0 Å². The Kier molecular flexibility index (Phi) is 8.54. The molecule has 2 aromatic rings. The Morgan fingerprint density at radius 2 is 2.00 bits per heavy atom. The number of alkyl carbamates (subject to hydrolysis) is 1. The molecule has 0 fully saturated rings. The second kappa shape index (κ2) is 10.9. The number of amides is 1. The molecule has 0 saturated heterocycles. The normalized spacial score (nSPS) is 11.7. The van der Waals surface area contributed by atoms with E-state index in [4.69, 9.17) is 9.84 Å². The number of thiophene rings is 2. The van der Waals surface area contributed by atoms with Crippen molar-refractivity contribution in [1.82, 2.24) is 5.32 Å². The molecule has 0 spiro atoms. The van der Waals surface area contributed by atoms with Crippen molar-refractivity contribution in [1.29, 1.82) is 0 Å². The highest BCUT2D eigenvalue weighted by Gasteiger charge is 2.21. The number of carbonyl (C=O) groups is 2. The maximum Gasteiger partial charge on any atom is 0.407 e. The molecule has 0 radical (unpaired) electrons. The van der Waals surface area contributed by atoms with Crippen LogP contribution in [-0.2, 0) is 16.0 Å². The molecule has 2 rings (SSSR count). The third kappa shape index (κ3) is 6.84. The number of aryl methyl sites for hydroxylation is 1. The zero-order chi connectivity index (χ0) is 19.6. The number of rotatable bonds is 11. The topological polar surface area (TPSA) is 75.6 Å². The van der Waals surface area contributed by atoms with E-state index in [1.807, 2.05) is 29.1 Å². The molecule has 27 heavy (non-hydrogen) atoms. The summed E-state index contributed by atoms with van der Waals surface area (Å²) in [6.07, 6.45) is 3.90. The van der Waals surface area contributed by atoms with Gasteiger partial charge in [0.05, 0.1) is 0 Å². The summed E-state index contributed by atoms with van der Waals surface area (Å²) in [6.45, 7) is 6.33. The highest BCUT2D eigenvalue weighted by Crippen LogP contribution is 2.30. The number of aliphatic carboxylic acids is 1. The Morgan fingerprint density at radius 3 is 2.67 bits per heavy atom. The summed E-state index contributed by atoms with van der Waals surface area (Å²) in [7, 11) is 0. The Morgan fingerprint density at radius 1 is 1.22 bits per heavy atom. The van der Waals surface area contributed by atoms with E-state index in [9.17, 15) is 9.59 Å². The Labute approximate surface area is 167 Å². The van der Waals surface area contributed by atoms with E-state index in [1.165, 1.54) is 0 Å². The van der Waals surface area contributed by atoms with Gasteiger partial charge in [-0.2, -0.15) is 22.7 Å². The van der Waals surface area contributed by atoms with E-state index in [0.717, 1.165) is 35.1 Å². The van der Waals surface area contributed by atoms with Gasteiger partial charge in [-0.1, -0.05) is 19.1 Å². The lowest BCUT2D eigenvalue weighted by Gasteiger charge is -2.19. The molecule has 0 bridgehead atoms. The molecule has 0 aliphatic heterocycles. The first-order valence-electron chi connectivity index (χ1n) is 8.87. The highest BCUT2D eigenvalue weighted by atomic mass is 32.1. The van der Waals surface area contributed by atoms with Crippen LogP contribution in [0.5, 0.6) is 0 Å². The number of carboxylic acid groups (broad SMARTS) is 1. The van der Waals surface area contributed by atoms with Crippen LogP contribution < -0.4 is 5.32 Å². The van der Waals surface area contributed by atoms with Crippen LogP contribution in [0.15, 0.2) is 28.1 Å². The zero-order valence-electron chi connectivity index (χ0n) is 15.4. The van der Waals surface area contributed by atoms with Crippen molar-refractivity contribution in [3.05, 3.63) is 50.4 Å². The number of nitrogens with one attached hydrogen (secondary N) is 1. The van der Waals surface area contributed by atoms with Gasteiger partial charge in [-0.15, -0.1) is 0 Å². The lowest BCUT2D eigenvalue weighted by molar-refractivity contribution is -0.137. The Balaban J connectivity index is 1.90. The van der Waals surface area contributed by atoms with E-state index < -0.39 is 12.1 Å². The molecule has 0 saturated carbocycles. The van der Waals surface area contributed by atoms with E-state index in [-0.39, 0.29) is 12.5 Å². The van der Waals surface area contributed by atoms with Crippen molar-refractivity contribution in [2.75, 3.05) is 6.54 Å². The van der Waals surface area contributed by atoms with Gasteiger partial charge in [-0.3, -0.25) is 4.79 Å². The number of ether oxygens (including phenoxy) is 1. The zero-order valence-corrected chi connectivity index (χ0v) is 17.0. The molecule has 1 atom stereocenters. The minimum absolute atomic E-state index is 0.163. The van der Waals surface area contributed by atoms with Crippen molar-refractivity contribution in [2.24, 2.45) is 0 Å². The smallest absolute Gasteiger partial charge is 0.407 e. The maximum absolute atomic E-state index is 12.2. The summed E-state index contributed by atoms with van der Waals surface area (Å²) in [4.78, 5) is 22.7. The molecule has 0 aromatic carbocycles. The van der Waals surface area contributed by atoms with Gasteiger partial charge >= 0.3 is 12.1 Å². The number of carboxylic acids is 1.